The van der Waals surface area contributed by atoms with Gasteiger partial charge in [0.2, 0.25) is 0 Å². The Morgan fingerprint density at radius 3 is 2.59 bits per heavy atom. The van der Waals surface area contributed by atoms with E-state index >= 15 is 0 Å². The smallest absolute Gasteiger partial charge is 0.133 e. The summed E-state index contributed by atoms with van der Waals surface area (Å²) in [5.74, 6) is 0.189. The Bertz CT molecular complexity index is 385. The van der Waals surface area contributed by atoms with E-state index in [9.17, 15) is 10.2 Å². The number of nitrogens with two attached hydrogens (primary N) is 1. The second-order valence-corrected chi connectivity index (χ2v) is 6.47. The van der Waals surface area contributed by atoms with Crippen LogP contribution in [-0.4, -0.2) is 16.3 Å². The zero-order valence-corrected chi connectivity index (χ0v) is 14.0. The molecule has 0 bridgehead atoms. The zero-order valence-electron chi connectivity index (χ0n) is 9.66. The molecule has 0 aliphatic heterocycles. The summed E-state index contributed by atoms with van der Waals surface area (Å²) in [6.07, 6.45) is 2.03. The number of hydrogen-bond donors (Lipinski definition) is 3. The van der Waals surface area contributed by atoms with E-state index in [0.29, 0.717) is 12.0 Å². The molecule has 2 atom stereocenters. The molecule has 0 aromatic heterocycles. The van der Waals surface area contributed by atoms with Crippen LogP contribution in [0, 0.1) is 7.14 Å². The summed E-state index contributed by atoms with van der Waals surface area (Å²) in [6, 6.07) is 3.19. The second kappa shape index (κ2) is 7.10. The molecule has 0 spiro atoms. The van der Waals surface area contributed by atoms with Crippen LogP contribution in [0.25, 0.3) is 0 Å². The summed E-state index contributed by atoms with van der Waals surface area (Å²) < 4.78 is 1.78. The fourth-order valence-corrected chi connectivity index (χ4v) is 3.53. The molecule has 3 nitrogen and oxygen atoms in total. The molecule has 0 aliphatic rings. The number of phenols is 1. The zero-order chi connectivity index (χ0) is 13.0. The molecule has 17 heavy (non-hydrogen) atoms. The molecule has 0 radical (unpaired) electrons. The number of aliphatic hydroxyl groups is 1. The van der Waals surface area contributed by atoms with Crippen molar-refractivity contribution in [3.05, 3.63) is 24.8 Å². The van der Waals surface area contributed by atoms with Crippen LogP contribution < -0.4 is 5.73 Å². The van der Waals surface area contributed by atoms with E-state index in [-0.39, 0.29) is 5.75 Å². The van der Waals surface area contributed by atoms with Gasteiger partial charge in [0.25, 0.3) is 0 Å². The minimum Gasteiger partial charge on any atom is -0.506 e. The Kier molecular flexibility index (Phi) is 6.46. The minimum absolute atomic E-state index is 0.189. The first-order valence-electron chi connectivity index (χ1n) is 5.59. The van der Waals surface area contributed by atoms with E-state index in [2.05, 4.69) is 52.1 Å². The lowest BCUT2D eigenvalue weighted by Crippen LogP contribution is -2.26. The highest BCUT2D eigenvalue weighted by Crippen LogP contribution is 2.32. The molecule has 1 aromatic rings. The van der Waals surface area contributed by atoms with Crippen LogP contribution in [0.4, 0.5) is 0 Å². The van der Waals surface area contributed by atoms with Crippen LogP contribution in [0.15, 0.2) is 12.1 Å². The van der Waals surface area contributed by atoms with E-state index in [4.69, 9.17) is 5.73 Å². The summed E-state index contributed by atoms with van der Waals surface area (Å²) >= 11 is 4.25. The van der Waals surface area contributed by atoms with Crippen molar-refractivity contribution in [2.75, 3.05) is 0 Å². The lowest BCUT2D eigenvalue weighted by Gasteiger charge is -2.20. The van der Waals surface area contributed by atoms with Crippen LogP contribution in [0.1, 0.15) is 37.8 Å². The normalized spacial score (nSPS) is 14.6. The van der Waals surface area contributed by atoms with E-state index in [0.717, 1.165) is 20.0 Å². The number of benzene rings is 1. The minimum atomic E-state index is -0.602. The Morgan fingerprint density at radius 2 is 2.00 bits per heavy atom. The predicted octanol–water partition coefficient (Wildman–Crippen LogP) is 3.15. The van der Waals surface area contributed by atoms with Gasteiger partial charge < -0.3 is 15.9 Å². The monoisotopic (exact) mass is 461 g/mol. The molecule has 0 saturated heterocycles. The molecule has 0 saturated carbocycles. The second-order valence-electron chi connectivity index (χ2n) is 4.06. The van der Waals surface area contributed by atoms with Crippen LogP contribution in [0.2, 0.25) is 0 Å². The SMILES string of the molecule is CCCC[C@H](O)[C@H](N)c1cc(I)cc(I)c1O. The predicted molar refractivity (Wildman–Crippen MR) is 86.0 cm³/mol. The maximum atomic E-state index is 9.97. The Balaban J connectivity index is 2.91. The molecule has 0 fully saturated rings. The number of halogens is 2. The van der Waals surface area contributed by atoms with Gasteiger partial charge in [0.15, 0.2) is 0 Å². The van der Waals surface area contributed by atoms with Crippen LogP contribution >= 0.6 is 45.2 Å². The highest BCUT2D eigenvalue weighted by Gasteiger charge is 2.21. The number of hydrogen-bond acceptors (Lipinski definition) is 3. The average molecular weight is 461 g/mol. The maximum Gasteiger partial charge on any atom is 0.133 e. The van der Waals surface area contributed by atoms with Crippen molar-refractivity contribution in [1.29, 1.82) is 0 Å². The Labute approximate surface area is 129 Å². The third-order valence-electron chi connectivity index (χ3n) is 2.68. The first kappa shape index (κ1) is 15.5. The van der Waals surface area contributed by atoms with E-state index in [1.807, 2.05) is 12.1 Å². The molecule has 96 valence electrons. The summed E-state index contributed by atoms with van der Waals surface area (Å²) in [5.41, 5.74) is 6.63. The van der Waals surface area contributed by atoms with Crippen molar-refractivity contribution in [2.45, 2.75) is 38.3 Å². The third-order valence-corrected chi connectivity index (χ3v) is 4.13. The van der Waals surface area contributed by atoms with Gasteiger partial charge in [0.05, 0.1) is 15.7 Å². The first-order chi connectivity index (χ1) is 7.97. The molecule has 4 N–H and O–H groups in total. The van der Waals surface area contributed by atoms with Gasteiger partial charge in [-0.05, 0) is 63.7 Å². The Morgan fingerprint density at radius 1 is 1.35 bits per heavy atom. The maximum absolute atomic E-state index is 9.97. The van der Waals surface area contributed by atoms with Crippen LogP contribution in [0.5, 0.6) is 5.75 Å². The fourth-order valence-electron chi connectivity index (χ4n) is 1.64. The summed E-state index contributed by atoms with van der Waals surface area (Å²) in [5, 5.41) is 19.9. The number of unbranched alkanes of at least 4 members (excludes halogenated alkanes) is 1. The van der Waals surface area contributed by atoms with Crippen molar-refractivity contribution in [3.63, 3.8) is 0 Å². The Hall–Kier alpha value is 0.400. The van der Waals surface area contributed by atoms with Gasteiger partial charge in [-0.2, -0.15) is 0 Å². The third kappa shape index (κ3) is 4.22. The van der Waals surface area contributed by atoms with Gasteiger partial charge in [-0.15, -0.1) is 0 Å². The first-order valence-corrected chi connectivity index (χ1v) is 7.74. The highest BCUT2D eigenvalue weighted by molar-refractivity contribution is 14.1. The van der Waals surface area contributed by atoms with E-state index < -0.39 is 12.1 Å². The van der Waals surface area contributed by atoms with Crippen molar-refractivity contribution in [3.8, 4) is 5.75 Å². The lowest BCUT2D eigenvalue weighted by atomic mass is 9.98. The fraction of sp³-hybridized carbons (Fsp3) is 0.500. The van der Waals surface area contributed by atoms with Crippen LogP contribution in [-0.2, 0) is 0 Å². The molecule has 5 heteroatoms. The van der Waals surface area contributed by atoms with Gasteiger partial charge in [-0.1, -0.05) is 19.8 Å². The average Bonchev–Trinajstić information content (AvgIpc) is 2.29. The lowest BCUT2D eigenvalue weighted by molar-refractivity contribution is 0.131. The molecule has 0 unspecified atom stereocenters. The molecule has 0 aliphatic carbocycles. The summed E-state index contributed by atoms with van der Waals surface area (Å²) in [7, 11) is 0. The molecule has 1 rings (SSSR count). The van der Waals surface area contributed by atoms with Gasteiger partial charge in [0, 0.05) is 9.13 Å². The molecular weight excluding hydrogens is 444 g/mol. The molecule has 1 aromatic carbocycles. The quantitative estimate of drug-likeness (QED) is 0.591. The largest absolute Gasteiger partial charge is 0.506 e. The number of aromatic hydroxyl groups is 1. The van der Waals surface area contributed by atoms with E-state index in [1.54, 1.807) is 0 Å². The van der Waals surface area contributed by atoms with Gasteiger partial charge in [-0.25, -0.2) is 0 Å². The van der Waals surface area contributed by atoms with E-state index in [1.165, 1.54) is 0 Å². The van der Waals surface area contributed by atoms with Crippen molar-refractivity contribution in [1.82, 2.24) is 0 Å². The highest BCUT2D eigenvalue weighted by atomic mass is 127. The number of aliphatic hydroxyl groups excluding tert-OH is 1. The topological polar surface area (TPSA) is 66.5 Å². The summed E-state index contributed by atoms with van der Waals surface area (Å²) in [4.78, 5) is 0. The molecule has 0 heterocycles. The van der Waals surface area contributed by atoms with Gasteiger partial charge >= 0.3 is 0 Å². The number of phenolic OH excluding ortho intramolecular Hbond substituents is 1. The van der Waals surface area contributed by atoms with Crippen LogP contribution in [0.3, 0.4) is 0 Å². The standard InChI is InChI=1S/C12H17I2NO2/c1-2-3-4-10(16)11(15)8-5-7(13)6-9(14)12(8)17/h5-6,10-11,16-17H,2-4,15H2,1H3/t10-,11+/m0/s1. The van der Waals surface area contributed by atoms with Crippen molar-refractivity contribution < 1.29 is 10.2 Å². The van der Waals surface area contributed by atoms with Crippen molar-refractivity contribution >= 4 is 45.2 Å². The van der Waals surface area contributed by atoms with Gasteiger partial charge in [-0.3, -0.25) is 0 Å². The number of rotatable bonds is 5. The molecular formula is C12H17I2NO2. The summed E-state index contributed by atoms with van der Waals surface area (Å²) in [6.45, 7) is 2.07. The van der Waals surface area contributed by atoms with Crippen molar-refractivity contribution in [2.24, 2.45) is 5.73 Å². The molecule has 0 amide bonds. The van der Waals surface area contributed by atoms with Gasteiger partial charge in [0.1, 0.15) is 5.75 Å².